The molecular formula is C12H13BrFNO2. The highest BCUT2D eigenvalue weighted by molar-refractivity contribution is 9.10. The fourth-order valence-corrected chi connectivity index (χ4v) is 2.75. The van der Waals surface area contributed by atoms with Gasteiger partial charge in [0.2, 0.25) is 5.91 Å². The Morgan fingerprint density at radius 2 is 2.35 bits per heavy atom. The molecule has 0 fully saturated rings. The quantitative estimate of drug-likeness (QED) is 0.838. The van der Waals surface area contributed by atoms with Crippen LogP contribution < -0.4 is 5.32 Å². The molecule has 17 heavy (non-hydrogen) atoms. The molecule has 5 heteroatoms. The zero-order valence-corrected chi connectivity index (χ0v) is 11.0. The largest absolute Gasteiger partial charge is 0.388 e. The summed E-state index contributed by atoms with van der Waals surface area (Å²) in [6.07, 6.45) is 1.52. The number of amides is 1. The second-order valence-electron chi connectivity index (χ2n) is 4.20. The van der Waals surface area contributed by atoms with Gasteiger partial charge in [-0.2, -0.15) is 0 Å². The average Bonchev–Trinajstić information content (AvgIpc) is 2.24. The molecular weight excluding hydrogens is 289 g/mol. The van der Waals surface area contributed by atoms with E-state index in [2.05, 4.69) is 21.2 Å². The maximum Gasteiger partial charge on any atom is 0.221 e. The first-order valence-electron chi connectivity index (χ1n) is 5.47. The first-order valence-corrected chi connectivity index (χ1v) is 6.26. The minimum Gasteiger partial charge on any atom is -0.388 e. The van der Waals surface area contributed by atoms with Gasteiger partial charge < -0.3 is 10.4 Å². The zero-order valence-electron chi connectivity index (χ0n) is 9.39. The van der Waals surface area contributed by atoms with Crippen molar-refractivity contribution in [2.45, 2.75) is 32.3 Å². The van der Waals surface area contributed by atoms with Crippen LogP contribution in [0.2, 0.25) is 0 Å². The van der Waals surface area contributed by atoms with Crippen LogP contribution in [0.3, 0.4) is 0 Å². The lowest BCUT2D eigenvalue weighted by molar-refractivity contribution is -0.114. The van der Waals surface area contributed by atoms with E-state index in [1.54, 1.807) is 0 Å². The summed E-state index contributed by atoms with van der Waals surface area (Å²) in [4.78, 5) is 11.1. The number of fused-ring (bicyclic) bond motifs is 1. The van der Waals surface area contributed by atoms with Crippen molar-refractivity contribution in [2.75, 3.05) is 5.32 Å². The average molecular weight is 302 g/mol. The monoisotopic (exact) mass is 301 g/mol. The predicted octanol–water partition coefficient (Wildman–Crippen LogP) is 2.92. The normalized spacial score (nSPS) is 18.7. The lowest BCUT2D eigenvalue weighted by Gasteiger charge is -2.25. The number of hydrogen-bond donors (Lipinski definition) is 2. The van der Waals surface area contributed by atoms with Crippen LogP contribution in [0.4, 0.5) is 10.1 Å². The van der Waals surface area contributed by atoms with E-state index in [-0.39, 0.29) is 5.91 Å². The van der Waals surface area contributed by atoms with Crippen molar-refractivity contribution in [1.29, 1.82) is 0 Å². The third-order valence-electron chi connectivity index (χ3n) is 2.91. The molecule has 2 N–H and O–H groups in total. The molecule has 1 aromatic rings. The molecule has 0 bridgehead atoms. The predicted molar refractivity (Wildman–Crippen MR) is 66.3 cm³/mol. The fraction of sp³-hybridized carbons (Fsp3) is 0.417. The topological polar surface area (TPSA) is 49.3 Å². The van der Waals surface area contributed by atoms with Crippen LogP contribution in [0.15, 0.2) is 10.5 Å². The van der Waals surface area contributed by atoms with Gasteiger partial charge in [0.15, 0.2) is 0 Å². The molecule has 0 heterocycles. The molecule has 1 aromatic carbocycles. The number of halogens is 2. The molecule has 1 atom stereocenters. The number of nitrogens with one attached hydrogen (secondary N) is 1. The van der Waals surface area contributed by atoms with E-state index in [9.17, 15) is 14.3 Å². The third-order valence-corrected chi connectivity index (χ3v) is 3.77. The molecule has 92 valence electrons. The van der Waals surface area contributed by atoms with E-state index in [1.165, 1.54) is 13.0 Å². The molecule has 0 radical (unpaired) electrons. The van der Waals surface area contributed by atoms with Crippen LogP contribution in [0, 0.1) is 5.82 Å². The van der Waals surface area contributed by atoms with Gasteiger partial charge in [0.25, 0.3) is 0 Å². The molecule has 1 aliphatic rings. The fourth-order valence-electron chi connectivity index (χ4n) is 2.23. The third kappa shape index (κ3) is 2.35. The van der Waals surface area contributed by atoms with Gasteiger partial charge in [0, 0.05) is 18.2 Å². The highest BCUT2D eigenvalue weighted by atomic mass is 79.9. The first kappa shape index (κ1) is 12.5. The summed E-state index contributed by atoms with van der Waals surface area (Å²) < 4.78 is 14.1. The van der Waals surface area contributed by atoms with Gasteiger partial charge in [-0.1, -0.05) is 0 Å². The van der Waals surface area contributed by atoms with Gasteiger partial charge in [0.05, 0.1) is 10.6 Å². The van der Waals surface area contributed by atoms with Crippen molar-refractivity contribution in [3.63, 3.8) is 0 Å². The summed E-state index contributed by atoms with van der Waals surface area (Å²) in [7, 11) is 0. The van der Waals surface area contributed by atoms with Gasteiger partial charge >= 0.3 is 0 Å². The Bertz CT molecular complexity index is 476. The molecule has 1 amide bonds. The summed E-state index contributed by atoms with van der Waals surface area (Å²) in [5.41, 5.74) is 1.77. The minimum atomic E-state index is -0.641. The van der Waals surface area contributed by atoms with Crippen molar-refractivity contribution in [2.24, 2.45) is 0 Å². The number of hydrogen-bond acceptors (Lipinski definition) is 2. The number of rotatable bonds is 1. The van der Waals surface area contributed by atoms with Gasteiger partial charge in [-0.15, -0.1) is 0 Å². The molecule has 0 aliphatic heterocycles. The molecule has 2 rings (SSSR count). The second-order valence-corrected chi connectivity index (χ2v) is 4.99. The number of aliphatic hydroxyl groups excluding tert-OH is 1. The maximum absolute atomic E-state index is 13.7. The summed E-state index contributed by atoms with van der Waals surface area (Å²) >= 11 is 3.19. The van der Waals surface area contributed by atoms with Crippen LogP contribution in [0.5, 0.6) is 0 Å². The van der Waals surface area contributed by atoms with Crippen molar-refractivity contribution in [3.05, 3.63) is 27.5 Å². The van der Waals surface area contributed by atoms with Crippen molar-refractivity contribution >= 4 is 27.5 Å². The highest BCUT2D eigenvalue weighted by Crippen LogP contribution is 2.40. The number of carbonyl (C=O) groups is 1. The first-order chi connectivity index (χ1) is 8.00. The Labute approximate surface area is 107 Å². The van der Waals surface area contributed by atoms with E-state index in [1.807, 2.05) is 0 Å². The number of anilines is 1. The van der Waals surface area contributed by atoms with Crippen LogP contribution in [0.25, 0.3) is 0 Å². The van der Waals surface area contributed by atoms with E-state index in [0.717, 1.165) is 12.0 Å². The smallest absolute Gasteiger partial charge is 0.221 e. The summed E-state index contributed by atoms with van der Waals surface area (Å²) in [5.74, 6) is -0.687. The minimum absolute atomic E-state index is 0.272. The summed E-state index contributed by atoms with van der Waals surface area (Å²) in [6, 6.07) is 1.25. The van der Waals surface area contributed by atoms with Crippen LogP contribution in [0.1, 0.15) is 37.0 Å². The lowest BCUT2D eigenvalue weighted by Crippen LogP contribution is -2.16. The molecule has 1 unspecified atom stereocenters. The number of aliphatic hydroxyl groups is 1. The van der Waals surface area contributed by atoms with E-state index < -0.39 is 11.9 Å². The van der Waals surface area contributed by atoms with Gasteiger partial charge in [-0.3, -0.25) is 4.79 Å². The Morgan fingerprint density at radius 3 is 3.00 bits per heavy atom. The van der Waals surface area contributed by atoms with Crippen molar-refractivity contribution < 1.29 is 14.3 Å². The van der Waals surface area contributed by atoms with Gasteiger partial charge in [0.1, 0.15) is 5.82 Å². The highest BCUT2D eigenvalue weighted by Gasteiger charge is 2.25. The lowest BCUT2D eigenvalue weighted by atomic mass is 9.88. The molecule has 0 saturated heterocycles. The molecule has 1 aliphatic carbocycles. The number of benzene rings is 1. The summed E-state index contributed by atoms with van der Waals surface area (Å²) in [6.45, 7) is 1.36. The Hall–Kier alpha value is -0.940. The summed E-state index contributed by atoms with van der Waals surface area (Å²) in [5, 5.41) is 12.5. The molecule has 0 aromatic heterocycles. The molecule has 0 saturated carbocycles. The van der Waals surface area contributed by atoms with Gasteiger partial charge in [-0.25, -0.2) is 4.39 Å². The van der Waals surface area contributed by atoms with Crippen LogP contribution >= 0.6 is 15.9 Å². The van der Waals surface area contributed by atoms with Crippen LogP contribution in [-0.2, 0) is 11.2 Å². The zero-order chi connectivity index (χ0) is 12.6. The molecule has 3 nitrogen and oxygen atoms in total. The SMILES string of the molecule is CC(=O)Nc1cc(F)c(Br)c2c1C(O)CCC2. The Balaban J connectivity index is 2.59. The van der Waals surface area contributed by atoms with Crippen molar-refractivity contribution in [3.8, 4) is 0 Å². The Kier molecular flexibility index (Phi) is 3.49. The van der Waals surface area contributed by atoms with Crippen LogP contribution in [-0.4, -0.2) is 11.0 Å². The molecule has 0 spiro atoms. The Morgan fingerprint density at radius 1 is 1.65 bits per heavy atom. The maximum atomic E-state index is 13.7. The van der Waals surface area contributed by atoms with Gasteiger partial charge in [-0.05, 0) is 46.8 Å². The second kappa shape index (κ2) is 4.74. The van der Waals surface area contributed by atoms with E-state index in [4.69, 9.17) is 0 Å². The standard InChI is InChI=1S/C12H13BrFNO2/c1-6(16)15-9-5-8(14)12(13)7-3-2-4-10(17)11(7)9/h5,10,17H,2-4H2,1H3,(H,15,16). The number of carbonyl (C=O) groups excluding carboxylic acids is 1. The van der Waals surface area contributed by atoms with E-state index >= 15 is 0 Å². The van der Waals surface area contributed by atoms with Crippen molar-refractivity contribution in [1.82, 2.24) is 0 Å². The van der Waals surface area contributed by atoms with E-state index in [0.29, 0.717) is 28.6 Å².